The molecule has 1 fully saturated rings. The highest BCUT2D eigenvalue weighted by molar-refractivity contribution is 5.83. The molecule has 25 heavy (non-hydrogen) atoms. The Morgan fingerprint density at radius 1 is 1.24 bits per heavy atom. The number of fused-ring (bicyclic) bond motifs is 1. The summed E-state index contributed by atoms with van der Waals surface area (Å²) in [7, 11) is 3.53. The van der Waals surface area contributed by atoms with Gasteiger partial charge in [0, 0.05) is 38.4 Å². The summed E-state index contributed by atoms with van der Waals surface area (Å²) in [6, 6.07) is 8.32. The van der Waals surface area contributed by atoms with Crippen LogP contribution in [0.1, 0.15) is 30.1 Å². The summed E-state index contributed by atoms with van der Waals surface area (Å²) >= 11 is 0. The minimum Gasteiger partial charge on any atom is -0.383 e. The van der Waals surface area contributed by atoms with Gasteiger partial charge in [-0.25, -0.2) is 4.98 Å². The number of hydrogen-bond acceptors (Lipinski definition) is 3. The lowest BCUT2D eigenvalue weighted by Crippen LogP contribution is -2.18. The second-order valence-electron chi connectivity index (χ2n) is 6.92. The van der Waals surface area contributed by atoms with Crippen LogP contribution in [-0.2, 0) is 18.3 Å². The summed E-state index contributed by atoms with van der Waals surface area (Å²) in [5, 5.41) is 0. The van der Waals surface area contributed by atoms with Gasteiger partial charge in [-0.1, -0.05) is 6.07 Å². The molecule has 1 saturated carbocycles. The zero-order valence-corrected chi connectivity index (χ0v) is 15.0. The fourth-order valence-corrected chi connectivity index (χ4v) is 3.43. The molecule has 0 bridgehead atoms. The van der Waals surface area contributed by atoms with Crippen molar-refractivity contribution in [3.05, 3.63) is 52.2 Å². The summed E-state index contributed by atoms with van der Waals surface area (Å²) < 4.78 is 9.24. The third-order valence-corrected chi connectivity index (χ3v) is 4.94. The van der Waals surface area contributed by atoms with Crippen molar-refractivity contribution in [1.29, 1.82) is 0 Å². The second kappa shape index (κ2) is 6.15. The lowest BCUT2D eigenvalue weighted by Gasteiger charge is -2.10. The maximum Gasteiger partial charge on any atom is 0.253 e. The number of nitrogens with zero attached hydrogens (tertiary/aromatic N) is 3. The fourth-order valence-electron chi connectivity index (χ4n) is 3.43. The molecule has 0 amide bonds. The van der Waals surface area contributed by atoms with Crippen molar-refractivity contribution in [1.82, 2.24) is 14.1 Å². The number of aryl methyl sites for hydroxylation is 2. The Morgan fingerprint density at radius 3 is 2.72 bits per heavy atom. The van der Waals surface area contributed by atoms with Crippen molar-refractivity contribution >= 4 is 11.0 Å². The van der Waals surface area contributed by atoms with Crippen molar-refractivity contribution < 1.29 is 4.74 Å². The van der Waals surface area contributed by atoms with E-state index in [2.05, 4.69) is 22.8 Å². The molecule has 4 rings (SSSR count). The third-order valence-electron chi connectivity index (χ3n) is 4.94. The molecule has 0 unspecified atom stereocenters. The van der Waals surface area contributed by atoms with Gasteiger partial charge in [0.2, 0.25) is 0 Å². The topological polar surface area (TPSA) is 49.1 Å². The molecule has 0 aliphatic heterocycles. The van der Waals surface area contributed by atoms with Gasteiger partial charge in [0.1, 0.15) is 5.82 Å². The van der Waals surface area contributed by atoms with Crippen LogP contribution in [0, 0.1) is 6.92 Å². The monoisotopic (exact) mass is 337 g/mol. The molecule has 5 nitrogen and oxygen atoms in total. The van der Waals surface area contributed by atoms with Crippen LogP contribution < -0.4 is 5.56 Å². The number of aromatic nitrogens is 3. The molecule has 0 saturated heterocycles. The molecule has 0 N–H and O–H groups in total. The van der Waals surface area contributed by atoms with E-state index in [4.69, 9.17) is 9.72 Å². The quantitative estimate of drug-likeness (QED) is 0.718. The molecule has 0 atom stereocenters. The molecule has 1 aliphatic rings. The second-order valence-corrected chi connectivity index (χ2v) is 6.92. The van der Waals surface area contributed by atoms with Gasteiger partial charge in [0.15, 0.2) is 0 Å². The predicted molar refractivity (Wildman–Crippen MR) is 99.0 cm³/mol. The highest BCUT2D eigenvalue weighted by Gasteiger charge is 2.29. The van der Waals surface area contributed by atoms with E-state index in [-0.39, 0.29) is 5.56 Å². The van der Waals surface area contributed by atoms with Gasteiger partial charge < -0.3 is 13.9 Å². The van der Waals surface area contributed by atoms with Crippen LogP contribution in [0.4, 0.5) is 0 Å². The van der Waals surface area contributed by atoms with Crippen molar-refractivity contribution in [3.63, 3.8) is 0 Å². The first-order chi connectivity index (χ1) is 12.1. The summed E-state index contributed by atoms with van der Waals surface area (Å²) in [6.45, 7) is 3.35. The molecule has 0 radical (unpaired) electrons. The number of pyridine rings is 1. The maximum absolute atomic E-state index is 12.0. The van der Waals surface area contributed by atoms with E-state index in [1.165, 1.54) is 18.7 Å². The highest BCUT2D eigenvalue weighted by atomic mass is 16.5. The van der Waals surface area contributed by atoms with E-state index in [1.54, 1.807) is 18.7 Å². The van der Waals surface area contributed by atoms with Gasteiger partial charge >= 0.3 is 0 Å². The molecule has 130 valence electrons. The number of methoxy groups -OCH3 is 1. The van der Waals surface area contributed by atoms with Crippen LogP contribution in [0.3, 0.4) is 0 Å². The minimum atomic E-state index is 0.0472. The highest BCUT2D eigenvalue weighted by Crippen LogP contribution is 2.41. The molecule has 5 heteroatoms. The summed E-state index contributed by atoms with van der Waals surface area (Å²) in [4.78, 5) is 16.8. The molecule has 2 aromatic heterocycles. The Labute approximate surface area is 146 Å². The molecular formula is C20H23N3O2. The Kier molecular flexibility index (Phi) is 3.96. The van der Waals surface area contributed by atoms with E-state index < -0.39 is 0 Å². The zero-order chi connectivity index (χ0) is 17.6. The van der Waals surface area contributed by atoms with Gasteiger partial charge in [-0.2, -0.15) is 0 Å². The van der Waals surface area contributed by atoms with Crippen LogP contribution in [0.15, 0.2) is 35.3 Å². The Hall–Kier alpha value is -2.40. The van der Waals surface area contributed by atoms with Gasteiger partial charge in [0.05, 0.1) is 17.6 Å². The summed E-state index contributed by atoms with van der Waals surface area (Å²) in [5.41, 5.74) is 5.13. The Balaban J connectivity index is 1.85. The number of rotatable bonds is 5. The first-order valence-corrected chi connectivity index (χ1v) is 8.75. The normalized spacial score (nSPS) is 14.4. The van der Waals surface area contributed by atoms with E-state index in [0.717, 1.165) is 34.3 Å². The lowest BCUT2D eigenvalue weighted by atomic mass is 10.1. The molecule has 2 heterocycles. The first kappa shape index (κ1) is 16.1. The largest absolute Gasteiger partial charge is 0.383 e. The average molecular weight is 337 g/mol. The smallest absolute Gasteiger partial charge is 0.253 e. The van der Waals surface area contributed by atoms with E-state index in [1.807, 2.05) is 19.2 Å². The standard InChI is InChI=1S/C20H23N3O2/c1-13-10-16(12-22(2)20(13)24)15-6-7-17-18(11-15)23(8-9-25-3)19(21-17)14-4-5-14/h6-7,10-12,14H,4-5,8-9H2,1-3H3. The van der Waals surface area contributed by atoms with Crippen molar-refractivity contribution in [3.8, 4) is 11.1 Å². The fraction of sp³-hybridized carbons (Fsp3) is 0.400. The van der Waals surface area contributed by atoms with Gasteiger partial charge in [-0.15, -0.1) is 0 Å². The predicted octanol–water partition coefficient (Wildman–Crippen LogP) is 3.23. The van der Waals surface area contributed by atoms with E-state index in [0.29, 0.717) is 12.5 Å². The van der Waals surface area contributed by atoms with Crippen LogP contribution >= 0.6 is 0 Å². The Morgan fingerprint density at radius 2 is 2.04 bits per heavy atom. The van der Waals surface area contributed by atoms with Crippen LogP contribution in [0.5, 0.6) is 0 Å². The van der Waals surface area contributed by atoms with Gasteiger partial charge in [-0.3, -0.25) is 4.79 Å². The Bertz CT molecular complexity index is 970. The molecule has 3 aromatic rings. The molecule has 0 spiro atoms. The van der Waals surface area contributed by atoms with Gasteiger partial charge in [0.25, 0.3) is 5.56 Å². The molecule has 1 aliphatic carbocycles. The van der Waals surface area contributed by atoms with Gasteiger partial charge in [-0.05, 0) is 49.1 Å². The minimum absolute atomic E-state index is 0.0472. The lowest BCUT2D eigenvalue weighted by molar-refractivity contribution is 0.187. The van der Waals surface area contributed by atoms with Crippen LogP contribution in [0.25, 0.3) is 22.2 Å². The zero-order valence-electron chi connectivity index (χ0n) is 15.0. The van der Waals surface area contributed by atoms with E-state index in [9.17, 15) is 4.79 Å². The maximum atomic E-state index is 12.0. The van der Waals surface area contributed by atoms with Crippen molar-refractivity contribution in [2.24, 2.45) is 7.05 Å². The van der Waals surface area contributed by atoms with E-state index >= 15 is 0 Å². The summed E-state index contributed by atoms with van der Waals surface area (Å²) in [6.07, 6.45) is 4.35. The number of imidazole rings is 1. The van der Waals surface area contributed by atoms with Crippen molar-refractivity contribution in [2.75, 3.05) is 13.7 Å². The number of ether oxygens (including phenoxy) is 1. The summed E-state index contributed by atoms with van der Waals surface area (Å²) in [5.74, 6) is 1.77. The number of hydrogen-bond donors (Lipinski definition) is 0. The van der Waals surface area contributed by atoms with Crippen molar-refractivity contribution in [2.45, 2.75) is 32.2 Å². The third kappa shape index (κ3) is 2.89. The molecule has 1 aromatic carbocycles. The van der Waals surface area contributed by atoms with Crippen LogP contribution in [-0.4, -0.2) is 27.8 Å². The number of benzene rings is 1. The average Bonchev–Trinajstić information content (AvgIpc) is 3.38. The van der Waals surface area contributed by atoms with Crippen LogP contribution in [0.2, 0.25) is 0 Å². The SMILES string of the molecule is COCCn1c(C2CC2)nc2ccc(-c3cc(C)c(=O)n(C)c3)cc21. The molecular weight excluding hydrogens is 314 g/mol. The first-order valence-electron chi connectivity index (χ1n) is 8.75.